The number of carboxylic acids is 5. The van der Waals surface area contributed by atoms with Crippen LogP contribution in [0.2, 0.25) is 0 Å². The number of nitrogens with two attached hydrogens (primary N) is 2. The second-order valence-electron chi connectivity index (χ2n) is 17.7. The van der Waals surface area contributed by atoms with Gasteiger partial charge in [-0.15, -0.1) is 0 Å². The average molecular weight is 1080 g/mol. The van der Waals surface area contributed by atoms with Crippen LogP contribution in [0.4, 0.5) is 0 Å². The summed E-state index contributed by atoms with van der Waals surface area (Å²) in [6.07, 6.45) is -1.52. The van der Waals surface area contributed by atoms with Gasteiger partial charge in [0.2, 0.25) is 47.3 Å². The van der Waals surface area contributed by atoms with Gasteiger partial charge in [0.25, 0.3) is 0 Å². The number of aliphatic carboxylic acids is 5. The Bertz CT molecular complexity index is 1960. The molecule has 0 aliphatic rings. The maximum Gasteiger partial charge on any atom is 0.326 e. The van der Waals surface area contributed by atoms with Gasteiger partial charge in [-0.1, -0.05) is 40.5 Å². The fourth-order valence-corrected chi connectivity index (χ4v) is 7.27. The minimum absolute atomic E-state index is 0.0161. The highest BCUT2D eigenvalue weighted by atomic mass is 32.2. The van der Waals surface area contributed by atoms with Gasteiger partial charge in [0.05, 0.1) is 12.5 Å². The molecule has 0 aromatic rings. The van der Waals surface area contributed by atoms with Crippen LogP contribution >= 0.6 is 11.8 Å². The van der Waals surface area contributed by atoms with Crippen molar-refractivity contribution in [2.45, 2.75) is 172 Å². The molecule has 0 unspecified atom stereocenters. The smallest absolute Gasteiger partial charge is 0.326 e. The Balaban J connectivity index is 6.58. The van der Waals surface area contributed by atoms with Gasteiger partial charge in [-0.3, -0.25) is 57.5 Å². The van der Waals surface area contributed by atoms with Crippen molar-refractivity contribution in [2.24, 2.45) is 23.3 Å². The number of carbonyl (C=O) groups is 13. The van der Waals surface area contributed by atoms with E-state index in [-0.39, 0.29) is 38.6 Å². The third-order valence-corrected chi connectivity index (χ3v) is 12.4. The zero-order valence-electron chi connectivity index (χ0n) is 42.6. The SMILES string of the molecule is CC[C@H](C)[C@H](NC(=O)[C@H](CC(=O)O)NC(=O)[C@H](CCC(=O)O)NC(=O)[C@H](CCC(=O)O)NC(=O)[C@H](C)NC(=O)[C@@H](NC(=O)[C@H](CCCCN)NC(=O)[C@H](CCC(=O)O)NC(=O)[C@@H](N)CCSC)[C@@H](C)CC)C(=O)O. The molecular formula is C45H76N10O18S. The number of amides is 8. The van der Waals surface area contributed by atoms with Crippen LogP contribution in [0.1, 0.15) is 118 Å². The molecule has 17 N–H and O–H groups in total. The molecule has 0 bridgehead atoms. The molecule has 0 rings (SSSR count). The van der Waals surface area contributed by atoms with E-state index < -0.39 is 182 Å². The lowest BCUT2D eigenvalue weighted by molar-refractivity contribution is -0.145. The van der Waals surface area contributed by atoms with Crippen molar-refractivity contribution in [3.05, 3.63) is 0 Å². The van der Waals surface area contributed by atoms with Crippen molar-refractivity contribution < 1.29 is 87.9 Å². The predicted molar refractivity (Wildman–Crippen MR) is 264 cm³/mol. The topological polar surface area (TPSA) is 471 Å². The quantitative estimate of drug-likeness (QED) is 0.0279. The van der Waals surface area contributed by atoms with Gasteiger partial charge in [0, 0.05) is 19.3 Å². The Morgan fingerprint density at radius 2 is 0.824 bits per heavy atom. The Hall–Kier alpha value is -6.62. The first-order chi connectivity index (χ1) is 34.6. The molecule has 0 fully saturated rings. The van der Waals surface area contributed by atoms with Gasteiger partial charge in [-0.2, -0.15) is 11.8 Å². The Kier molecular flexibility index (Phi) is 32.3. The molecule has 0 heterocycles. The van der Waals surface area contributed by atoms with E-state index in [1.807, 2.05) is 0 Å². The number of rotatable bonds is 39. The third kappa shape index (κ3) is 26.4. The molecule has 11 atom stereocenters. The van der Waals surface area contributed by atoms with E-state index in [0.717, 1.165) is 0 Å². The number of unbranched alkanes of at least 4 members (excludes halogenated alkanes) is 1. The number of hydrogen-bond acceptors (Lipinski definition) is 16. The first-order valence-corrected chi connectivity index (χ1v) is 25.5. The van der Waals surface area contributed by atoms with Crippen molar-refractivity contribution in [1.29, 1.82) is 0 Å². The average Bonchev–Trinajstić information content (AvgIpc) is 3.33. The van der Waals surface area contributed by atoms with Gasteiger partial charge in [0.1, 0.15) is 48.3 Å². The van der Waals surface area contributed by atoms with Crippen LogP contribution in [-0.2, 0) is 62.3 Å². The summed E-state index contributed by atoms with van der Waals surface area (Å²) in [4.78, 5) is 166. The lowest BCUT2D eigenvalue weighted by atomic mass is 9.97. The summed E-state index contributed by atoms with van der Waals surface area (Å²) >= 11 is 1.43. The van der Waals surface area contributed by atoms with Crippen molar-refractivity contribution in [3.8, 4) is 0 Å². The molecule has 420 valence electrons. The molecule has 0 aromatic heterocycles. The summed E-state index contributed by atoms with van der Waals surface area (Å²) in [7, 11) is 0. The molecule has 0 aliphatic carbocycles. The largest absolute Gasteiger partial charge is 0.481 e. The van der Waals surface area contributed by atoms with Crippen molar-refractivity contribution >= 4 is 88.9 Å². The van der Waals surface area contributed by atoms with Gasteiger partial charge < -0.3 is 79.5 Å². The van der Waals surface area contributed by atoms with Crippen LogP contribution in [-0.4, -0.2) is 176 Å². The first kappa shape index (κ1) is 67.4. The van der Waals surface area contributed by atoms with Gasteiger partial charge in [-0.25, -0.2) is 4.79 Å². The highest BCUT2D eigenvalue weighted by Gasteiger charge is 2.36. The standard InChI is InChI=1S/C45H76N10O18S/c1-7-22(3)35(54-42(69)26(11-9-10-19-46)51-40(67)28(13-16-32(58)59)50-38(65)25(47)18-20-74-6)44(71)48-24(5)37(64)49-27(12-15-31(56)57)39(66)52-29(14-17-33(60)61)41(68)53-30(21-34(62)63)43(70)55-36(45(72)73)23(4)8-2/h22-30,35-36H,7-21,46-47H2,1-6H3,(H,48,71)(H,49,64)(H,50,65)(H,51,67)(H,52,66)(H,53,68)(H,54,69)(H,55,70)(H,56,57)(H,58,59)(H,60,61)(H,62,63)(H,72,73)/t22-,23-,24-,25-,26-,27-,28-,29-,30-,35-,36-/m0/s1. The zero-order chi connectivity index (χ0) is 56.8. The van der Waals surface area contributed by atoms with E-state index in [1.165, 1.54) is 25.6 Å². The van der Waals surface area contributed by atoms with Gasteiger partial charge >= 0.3 is 29.8 Å². The van der Waals surface area contributed by atoms with Crippen molar-refractivity contribution in [1.82, 2.24) is 42.5 Å². The van der Waals surface area contributed by atoms with E-state index in [2.05, 4.69) is 42.5 Å². The summed E-state index contributed by atoms with van der Waals surface area (Å²) in [6.45, 7) is 7.80. The van der Waals surface area contributed by atoms with Crippen LogP contribution in [0.15, 0.2) is 0 Å². The maximum absolute atomic E-state index is 13.9. The highest BCUT2D eigenvalue weighted by molar-refractivity contribution is 7.98. The fourth-order valence-electron chi connectivity index (χ4n) is 6.79. The van der Waals surface area contributed by atoms with E-state index in [0.29, 0.717) is 18.6 Å². The molecular weight excluding hydrogens is 1000 g/mol. The fraction of sp³-hybridized carbons (Fsp3) is 0.711. The monoisotopic (exact) mass is 1080 g/mol. The third-order valence-electron chi connectivity index (χ3n) is 11.7. The highest BCUT2D eigenvalue weighted by Crippen LogP contribution is 2.13. The summed E-state index contributed by atoms with van der Waals surface area (Å²) in [5.74, 6) is -16.3. The molecule has 74 heavy (non-hydrogen) atoms. The first-order valence-electron chi connectivity index (χ1n) is 24.1. The summed E-state index contributed by atoms with van der Waals surface area (Å²) in [5.41, 5.74) is 11.6. The number of carboxylic acid groups (broad SMARTS) is 5. The van der Waals surface area contributed by atoms with Gasteiger partial charge in [0.15, 0.2) is 0 Å². The summed E-state index contributed by atoms with van der Waals surface area (Å²) < 4.78 is 0. The molecule has 8 amide bonds. The predicted octanol–water partition coefficient (Wildman–Crippen LogP) is -2.66. The van der Waals surface area contributed by atoms with E-state index in [1.54, 1.807) is 27.0 Å². The van der Waals surface area contributed by atoms with E-state index in [4.69, 9.17) is 11.5 Å². The summed E-state index contributed by atoms with van der Waals surface area (Å²) in [5, 5.41) is 66.0. The number of thioether (sulfide) groups is 1. The van der Waals surface area contributed by atoms with Crippen LogP contribution in [0.3, 0.4) is 0 Å². The van der Waals surface area contributed by atoms with Crippen LogP contribution < -0.4 is 54.0 Å². The normalized spacial score (nSPS) is 15.5. The van der Waals surface area contributed by atoms with Gasteiger partial charge in [-0.05, 0) is 82.3 Å². The lowest BCUT2D eigenvalue weighted by Gasteiger charge is -2.29. The Morgan fingerprint density at radius 3 is 1.23 bits per heavy atom. The molecule has 0 aromatic carbocycles. The molecule has 0 saturated heterocycles. The second-order valence-corrected chi connectivity index (χ2v) is 18.7. The maximum atomic E-state index is 13.9. The second kappa shape index (κ2) is 35.5. The molecule has 0 aliphatic heterocycles. The molecule has 0 saturated carbocycles. The minimum Gasteiger partial charge on any atom is -0.481 e. The Morgan fingerprint density at radius 1 is 0.446 bits per heavy atom. The molecule has 29 heteroatoms. The van der Waals surface area contributed by atoms with Crippen LogP contribution in [0, 0.1) is 11.8 Å². The minimum atomic E-state index is -1.94. The zero-order valence-corrected chi connectivity index (χ0v) is 43.4. The number of carbonyl (C=O) groups excluding carboxylic acids is 8. The number of nitrogens with one attached hydrogen (secondary N) is 8. The van der Waals surface area contributed by atoms with Crippen molar-refractivity contribution in [3.63, 3.8) is 0 Å². The van der Waals surface area contributed by atoms with Crippen LogP contribution in [0.25, 0.3) is 0 Å². The lowest BCUT2D eigenvalue weighted by Crippen LogP contribution is -2.61. The van der Waals surface area contributed by atoms with E-state index >= 15 is 0 Å². The summed E-state index contributed by atoms with van der Waals surface area (Å²) in [6, 6.07) is -13.8. The molecule has 0 radical (unpaired) electrons. The Labute approximate surface area is 432 Å². The number of hydrogen-bond donors (Lipinski definition) is 15. The molecule has 28 nitrogen and oxygen atoms in total. The van der Waals surface area contributed by atoms with Crippen LogP contribution in [0.5, 0.6) is 0 Å². The van der Waals surface area contributed by atoms with E-state index in [9.17, 15) is 87.9 Å². The molecule has 0 spiro atoms. The van der Waals surface area contributed by atoms with Crippen molar-refractivity contribution in [2.75, 3.05) is 18.6 Å².